The number of aromatic nitrogens is 1. The van der Waals surface area contributed by atoms with Crippen LogP contribution in [0.4, 0.5) is 0 Å². The van der Waals surface area contributed by atoms with E-state index in [1.54, 1.807) is 12.4 Å². The maximum atomic E-state index is 5.61. The average Bonchev–Trinajstić information content (AvgIpc) is 2.41. The third-order valence-corrected chi connectivity index (χ3v) is 2.46. The van der Waals surface area contributed by atoms with Crippen LogP contribution in [0, 0.1) is 0 Å². The van der Waals surface area contributed by atoms with E-state index in [0.29, 0.717) is 13.2 Å². The van der Waals surface area contributed by atoms with E-state index in [2.05, 4.69) is 11.6 Å². The second-order valence-corrected chi connectivity index (χ2v) is 3.82. The Labute approximate surface area is 102 Å². The van der Waals surface area contributed by atoms with Crippen LogP contribution in [0.15, 0.2) is 61.4 Å². The van der Waals surface area contributed by atoms with Crippen LogP contribution in [-0.4, -0.2) is 11.6 Å². The Balaban J connectivity index is 1.82. The van der Waals surface area contributed by atoms with Gasteiger partial charge in [0.15, 0.2) is 0 Å². The summed E-state index contributed by atoms with van der Waals surface area (Å²) in [7, 11) is 0. The molecule has 0 spiro atoms. The summed E-state index contributed by atoms with van der Waals surface area (Å²) in [6.45, 7) is 5.13. The van der Waals surface area contributed by atoms with Crippen LogP contribution >= 0.6 is 0 Å². The van der Waals surface area contributed by atoms with Crippen LogP contribution in [-0.2, 0) is 11.3 Å². The van der Waals surface area contributed by atoms with Crippen LogP contribution < -0.4 is 0 Å². The molecule has 0 saturated carbocycles. The summed E-state index contributed by atoms with van der Waals surface area (Å²) in [5, 5.41) is 0. The molecule has 0 atom stereocenters. The molecule has 1 aromatic carbocycles. The zero-order valence-electron chi connectivity index (χ0n) is 9.67. The van der Waals surface area contributed by atoms with Gasteiger partial charge in [-0.25, -0.2) is 0 Å². The molecule has 1 heterocycles. The molecule has 0 aliphatic heterocycles. The van der Waals surface area contributed by atoms with Crippen molar-refractivity contribution < 1.29 is 4.74 Å². The molecule has 2 aromatic rings. The smallest absolute Gasteiger partial charge is 0.0722 e. The van der Waals surface area contributed by atoms with Gasteiger partial charge in [0.05, 0.1) is 13.2 Å². The van der Waals surface area contributed by atoms with Crippen LogP contribution in [0.5, 0.6) is 0 Å². The number of pyridine rings is 1. The van der Waals surface area contributed by atoms with Gasteiger partial charge in [-0.2, -0.15) is 0 Å². The highest BCUT2D eigenvalue weighted by Crippen LogP contribution is 2.11. The molecule has 0 radical (unpaired) electrons. The Hall–Kier alpha value is -1.93. The number of rotatable bonds is 5. The fourth-order valence-corrected chi connectivity index (χ4v) is 1.52. The monoisotopic (exact) mass is 225 g/mol. The molecule has 2 nitrogen and oxygen atoms in total. The van der Waals surface area contributed by atoms with Crippen molar-refractivity contribution >= 4 is 5.57 Å². The normalized spacial score (nSPS) is 10.1. The van der Waals surface area contributed by atoms with Gasteiger partial charge < -0.3 is 4.74 Å². The molecule has 1 aromatic heterocycles. The molecule has 0 amide bonds. The fraction of sp³-hybridized carbons (Fsp3) is 0.133. The van der Waals surface area contributed by atoms with Crippen molar-refractivity contribution in [3.8, 4) is 0 Å². The van der Waals surface area contributed by atoms with Gasteiger partial charge in [-0.1, -0.05) is 43.0 Å². The average molecular weight is 225 g/mol. The molecule has 0 aliphatic carbocycles. The molecular formula is C15H15NO. The van der Waals surface area contributed by atoms with E-state index < -0.39 is 0 Å². The highest BCUT2D eigenvalue weighted by atomic mass is 16.5. The summed E-state index contributed by atoms with van der Waals surface area (Å²) >= 11 is 0. The quantitative estimate of drug-likeness (QED) is 0.778. The molecule has 0 fully saturated rings. The molecule has 0 aliphatic rings. The summed E-state index contributed by atoms with van der Waals surface area (Å²) in [5.74, 6) is 0. The summed E-state index contributed by atoms with van der Waals surface area (Å²) in [6.07, 6.45) is 3.55. The maximum absolute atomic E-state index is 5.61. The molecular weight excluding hydrogens is 210 g/mol. The van der Waals surface area contributed by atoms with Crippen molar-refractivity contribution in [3.63, 3.8) is 0 Å². The molecule has 0 saturated heterocycles. The molecule has 0 bridgehead atoms. The molecule has 0 unspecified atom stereocenters. The summed E-state index contributed by atoms with van der Waals surface area (Å²) in [4.78, 5) is 4.06. The van der Waals surface area contributed by atoms with E-state index >= 15 is 0 Å². The lowest BCUT2D eigenvalue weighted by Gasteiger charge is -2.07. The SMILES string of the molecule is C=C(COCc1ccccc1)c1cccnc1. The largest absolute Gasteiger partial charge is 0.372 e. The first-order chi connectivity index (χ1) is 8.36. The Morgan fingerprint density at radius 3 is 2.65 bits per heavy atom. The Kier molecular flexibility index (Phi) is 4.05. The van der Waals surface area contributed by atoms with Crippen molar-refractivity contribution in [1.82, 2.24) is 4.98 Å². The van der Waals surface area contributed by atoms with Gasteiger partial charge in [-0.05, 0) is 22.8 Å². The van der Waals surface area contributed by atoms with Crippen molar-refractivity contribution in [2.45, 2.75) is 6.61 Å². The third-order valence-electron chi connectivity index (χ3n) is 2.46. The van der Waals surface area contributed by atoms with Crippen LogP contribution in [0.1, 0.15) is 11.1 Å². The van der Waals surface area contributed by atoms with Crippen LogP contribution in [0.2, 0.25) is 0 Å². The van der Waals surface area contributed by atoms with Crippen molar-refractivity contribution in [1.29, 1.82) is 0 Å². The van der Waals surface area contributed by atoms with E-state index in [0.717, 1.165) is 11.1 Å². The van der Waals surface area contributed by atoms with E-state index in [4.69, 9.17) is 4.74 Å². The van der Waals surface area contributed by atoms with Gasteiger partial charge in [0.2, 0.25) is 0 Å². The third kappa shape index (κ3) is 3.54. The summed E-state index contributed by atoms with van der Waals surface area (Å²) < 4.78 is 5.61. The minimum atomic E-state index is 0.528. The van der Waals surface area contributed by atoms with Gasteiger partial charge >= 0.3 is 0 Å². The lowest BCUT2D eigenvalue weighted by Crippen LogP contribution is -1.97. The van der Waals surface area contributed by atoms with E-state index in [1.165, 1.54) is 5.56 Å². The number of ether oxygens (including phenoxy) is 1. The van der Waals surface area contributed by atoms with Gasteiger partial charge in [0, 0.05) is 12.4 Å². The summed E-state index contributed by atoms with van der Waals surface area (Å²) in [6, 6.07) is 14.0. The first kappa shape index (κ1) is 11.6. The lowest BCUT2D eigenvalue weighted by molar-refractivity contribution is 0.153. The first-order valence-corrected chi connectivity index (χ1v) is 5.56. The van der Waals surface area contributed by atoms with Crippen LogP contribution in [0.3, 0.4) is 0 Å². The Morgan fingerprint density at radius 2 is 1.94 bits per heavy atom. The van der Waals surface area contributed by atoms with Gasteiger partial charge in [-0.15, -0.1) is 0 Å². The topological polar surface area (TPSA) is 22.1 Å². The number of benzene rings is 1. The van der Waals surface area contributed by atoms with E-state index in [9.17, 15) is 0 Å². The molecule has 17 heavy (non-hydrogen) atoms. The highest BCUT2D eigenvalue weighted by molar-refractivity contribution is 5.62. The predicted molar refractivity (Wildman–Crippen MR) is 69.4 cm³/mol. The molecule has 2 heteroatoms. The minimum absolute atomic E-state index is 0.528. The van der Waals surface area contributed by atoms with Crippen molar-refractivity contribution in [2.24, 2.45) is 0 Å². The van der Waals surface area contributed by atoms with Gasteiger partial charge in [0.25, 0.3) is 0 Å². The lowest BCUT2D eigenvalue weighted by atomic mass is 10.1. The predicted octanol–water partition coefficient (Wildman–Crippen LogP) is 3.31. The van der Waals surface area contributed by atoms with E-state index in [1.807, 2.05) is 42.5 Å². The minimum Gasteiger partial charge on any atom is -0.372 e. The zero-order chi connectivity index (χ0) is 11.9. The second kappa shape index (κ2) is 5.97. The first-order valence-electron chi connectivity index (χ1n) is 5.56. The van der Waals surface area contributed by atoms with Crippen LogP contribution in [0.25, 0.3) is 5.57 Å². The molecule has 0 N–H and O–H groups in total. The second-order valence-electron chi connectivity index (χ2n) is 3.82. The Morgan fingerprint density at radius 1 is 1.12 bits per heavy atom. The molecule has 86 valence electrons. The summed E-state index contributed by atoms with van der Waals surface area (Å²) in [5.41, 5.74) is 3.15. The number of hydrogen-bond donors (Lipinski definition) is 0. The number of hydrogen-bond acceptors (Lipinski definition) is 2. The standard InChI is InChI=1S/C15H15NO/c1-13(15-8-5-9-16-10-15)11-17-12-14-6-3-2-4-7-14/h2-10H,1,11-12H2. The van der Waals surface area contributed by atoms with Crippen molar-refractivity contribution in [2.75, 3.05) is 6.61 Å². The highest BCUT2D eigenvalue weighted by Gasteiger charge is 1.99. The zero-order valence-corrected chi connectivity index (χ0v) is 9.67. The van der Waals surface area contributed by atoms with E-state index in [-0.39, 0.29) is 0 Å². The van der Waals surface area contributed by atoms with Gasteiger partial charge in [0.1, 0.15) is 0 Å². The fourth-order valence-electron chi connectivity index (χ4n) is 1.52. The number of nitrogens with zero attached hydrogens (tertiary/aromatic N) is 1. The maximum Gasteiger partial charge on any atom is 0.0722 e. The Bertz CT molecular complexity index is 465. The van der Waals surface area contributed by atoms with Gasteiger partial charge in [-0.3, -0.25) is 4.98 Å². The molecule has 2 rings (SSSR count). The van der Waals surface area contributed by atoms with Crippen molar-refractivity contribution in [3.05, 3.63) is 72.6 Å².